The summed E-state index contributed by atoms with van der Waals surface area (Å²) in [6.45, 7) is 4.57. The zero-order chi connectivity index (χ0) is 18.3. The number of amides is 1. The van der Waals surface area contributed by atoms with Gasteiger partial charge in [-0.3, -0.25) is 4.79 Å². The first-order valence-electron chi connectivity index (χ1n) is 9.34. The standard InChI is InChI=1S/C19H30N2O3S/c1-3-4-5-7-11-16(2)20-19(22)18-14-10-15-21(18)25(23,24)17-12-8-6-9-13-17/h6,8-9,12-13,16,18H,3-5,7,10-11,14-15H2,1-2H3,(H,20,22). The third kappa shape index (κ3) is 5.28. The number of carbonyl (C=O) groups excluding carboxylic acids is 1. The van der Waals surface area contributed by atoms with E-state index < -0.39 is 16.1 Å². The predicted octanol–water partition coefficient (Wildman–Crippen LogP) is 3.31. The third-order valence-corrected chi connectivity index (χ3v) is 6.66. The van der Waals surface area contributed by atoms with Crippen LogP contribution in [-0.2, 0) is 14.8 Å². The van der Waals surface area contributed by atoms with Crippen LogP contribution in [0.1, 0.15) is 58.8 Å². The Balaban J connectivity index is 1.97. The van der Waals surface area contributed by atoms with Crippen molar-refractivity contribution in [3.8, 4) is 0 Å². The Kier molecular flexibility index (Phi) is 7.44. The quantitative estimate of drug-likeness (QED) is 0.682. The van der Waals surface area contributed by atoms with Gasteiger partial charge in [0.25, 0.3) is 0 Å². The van der Waals surface area contributed by atoms with Crippen molar-refractivity contribution in [2.75, 3.05) is 6.54 Å². The molecule has 1 fully saturated rings. The topological polar surface area (TPSA) is 66.5 Å². The average Bonchev–Trinajstić information content (AvgIpc) is 3.10. The van der Waals surface area contributed by atoms with Crippen LogP contribution in [0.2, 0.25) is 0 Å². The number of hydrogen-bond acceptors (Lipinski definition) is 3. The molecule has 1 aromatic rings. The lowest BCUT2D eigenvalue weighted by Gasteiger charge is -2.25. The van der Waals surface area contributed by atoms with Gasteiger partial charge in [0.15, 0.2) is 0 Å². The third-order valence-electron chi connectivity index (χ3n) is 4.74. The van der Waals surface area contributed by atoms with Crippen molar-refractivity contribution in [1.29, 1.82) is 0 Å². The first kappa shape index (κ1) is 19.9. The van der Waals surface area contributed by atoms with Gasteiger partial charge in [0.2, 0.25) is 15.9 Å². The van der Waals surface area contributed by atoms with E-state index in [1.165, 1.54) is 23.6 Å². The summed E-state index contributed by atoms with van der Waals surface area (Å²) in [7, 11) is -3.62. The van der Waals surface area contributed by atoms with Crippen LogP contribution in [0.4, 0.5) is 0 Å². The van der Waals surface area contributed by atoms with Gasteiger partial charge in [0, 0.05) is 12.6 Å². The van der Waals surface area contributed by atoms with Gasteiger partial charge in [-0.1, -0.05) is 50.8 Å². The molecule has 25 heavy (non-hydrogen) atoms. The summed E-state index contributed by atoms with van der Waals surface area (Å²) < 4.78 is 27.0. The Bertz CT molecular complexity index is 646. The van der Waals surface area contributed by atoms with Gasteiger partial charge in [-0.25, -0.2) is 8.42 Å². The molecular weight excluding hydrogens is 336 g/mol. The molecule has 0 bridgehead atoms. The van der Waals surface area contributed by atoms with E-state index in [0.717, 1.165) is 19.3 Å². The van der Waals surface area contributed by atoms with Crippen molar-refractivity contribution in [1.82, 2.24) is 9.62 Å². The molecule has 1 amide bonds. The number of unbranched alkanes of at least 4 members (excludes halogenated alkanes) is 3. The van der Waals surface area contributed by atoms with Gasteiger partial charge in [0.05, 0.1) is 4.90 Å². The van der Waals surface area contributed by atoms with Crippen LogP contribution in [-0.4, -0.2) is 37.3 Å². The zero-order valence-corrected chi connectivity index (χ0v) is 16.1. The summed E-state index contributed by atoms with van der Waals surface area (Å²) >= 11 is 0. The maximum atomic E-state index is 12.8. The molecule has 2 atom stereocenters. The highest BCUT2D eigenvalue weighted by molar-refractivity contribution is 7.89. The monoisotopic (exact) mass is 366 g/mol. The molecule has 140 valence electrons. The van der Waals surface area contributed by atoms with E-state index >= 15 is 0 Å². The number of sulfonamides is 1. The van der Waals surface area contributed by atoms with Crippen LogP contribution < -0.4 is 5.32 Å². The van der Waals surface area contributed by atoms with Gasteiger partial charge < -0.3 is 5.32 Å². The Morgan fingerprint density at radius 2 is 1.96 bits per heavy atom. The first-order chi connectivity index (χ1) is 12.0. The van der Waals surface area contributed by atoms with Crippen molar-refractivity contribution in [3.05, 3.63) is 30.3 Å². The maximum Gasteiger partial charge on any atom is 0.243 e. The molecule has 6 heteroatoms. The number of rotatable bonds is 9. The maximum absolute atomic E-state index is 12.8. The Morgan fingerprint density at radius 3 is 2.64 bits per heavy atom. The summed E-state index contributed by atoms with van der Waals surface area (Å²) in [6.07, 6.45) is 6.90. The number of benzene rings is 1. The molecule has 0 spiro atoms. The normalized spacial score (nSPS) is 19.7. The molecule has 1 saturated heterocycles. The van der Waals surface area contributed by atoms with E-state index in [0.29, 0.717) is 13.0 Å². The minimum Gasteiger partial charge on any atom is -0.352 e. The minimum atomic E-state index is -3.62. The van der Waals surface area contributed by atoms with Crippen LogP contribution in [0, 0.1) is 0 Å². The molecule has 2 unspecified atom stereocenters. The Hall–Kier alpha value is -1.40. The highest BCUT2D eigenvalue weighted by Crippen LogP contribution is 2.26. The van der Waals surface area contributed by atoms with E-state index in [2.05, 4.69) is 12.2 Å². The van der Waals surface area contributed by atoms with Crippen molar-refractivity contribution >= 4 is 15.9 Å². The molecule has 1 N–H and O–H groups in total. The molecule has 0 aromatic heterocycles. The highest BCUT2D eigenvalue weighted by Gasteiger charge is 2.39. The summed E-state index contributed by atoms with van der Waals surface area (Å²) in [6, 6.07) is 7.84. The van der Waals surface area contributed by atoms with E-state index in [1.807, 2.05) is 6.92 Å². The fraction of sp³-hybridized carbons (Fsp3) is 0.632. The zero-order valence-electron chi connectivity index (χ0n) is 15.3. The molecular formula is C19H30N2O3S. The van der Waals surface area contributed by atoms with Gasteiger partial charge in [-0.05, 0) is 38.3 Å². The minimum absolute atomic E-state index is 0.0752. The summed E-state index contributed by atoms with van der Waals surface area (Å²) in [5.74, 6) is -0.167. The Morgan fingerprint density at radius 1 is 1.24 bits per heavy atom. The van der Waals surface area contributed by atoms with E-state index in [-0.39, 0.29) is 16.8 Å². The largest absolute Gasteiger partial charge is 0.352 e. The SMILES string of the molecule is CCCCCCC(C)NC(=O)C1CCCN1S(=O)(=O)c1ccccc1. The molecule has 1 aliphatic rings. The summed E-state index contributed by atoms with van der Waals surface area (Å²) in [4.78, 5) is 12.9. The second-order valence-corrected chi connectivity index (χ2v) is 8.74. The van der Waals surface area contributed by atoms with E-state index in [4.69, 9.17) is 0 Å². The molecule has 0 saturated carbocycles. The molecule has 1 aliphatic heterocycles. The van der Waals surface area contributed by atoms with Crippen LogP contribution in [0.25, 0.3) is 0 Å². The van der Waals surface area contributed by atoms with Crippen molar-refractivity contribution in [3.63, 3.8) is 0 Å². The molecule has 1 heterocycles. The smallest absolute Gasteiger partial charge is 0.243 e. The van der Waals surface area contributed by atoms with Crippen LogP contribution in [0.15, 0.2) is 35.2 Å². The number of carbonyl (C=O) groups is 1. The first-order valence-corrected chi connectivity index (χ1v) is 10.8. The lowest BCUT2D eigenvalue weighted by atomic mass is 10.1. The molecule has 2 rings (SSSR count). The van der Waals surface area contributed by atoms with Crippen molar-refractivity contribution in [2.45, 2.75) is 75.8 Å². The average molecular weight is 367 g/mol. The molecule has 5 nitrogen and oxygen atoms in total. The van der Waals surface area contributed by atoms with Crippen molar-refractivity contribution in [2.24, 2.45) is 0 Å². The van der Waals surface area contributed by atoms with E-state index in [1.54, 1.807) is 30.3 Å². The lowest BCUT2D eigenvalue weighted by Crippen LogP contribution is -2.48. The fourth-order valence-corrected chi connectivity index (χ4v) is 4.98. The molecule has 0 aliphatic carbocycles. The van der Waals surface area contributed by atoms with Crippen LogP contribution in [0.3, 0.4) is 0 Å². The van der Waals surface area contributed by atoms with Crippen molar-refractivity contribution < 1.29 is 13.2 Å². The van der Waals surface area contributed by atoms with Gasteiger partial charge in [0.1, 0.15) is 6.04 Å². The molecule has 1 aromatic carbocycles. The number of nitrogens with zero attached hydrogens (tertiary/aromatic N) is 1. The fourth-order valence-electron chi connectivity index (χ4n) is 3.31. The highest BCUT2D eigenvalue weighted by atomic mass is 32.2. The lowest BCUT2D eigenvalue weighted by molar-refractivity contribution is -0.124. The number of hydrogen-bond donors (Lipinski definition) is 1. The summed E-state index contributed by atoms with van der Waals surface area (Å²) in [5, 5.41) is 3.01. The van der Waals surface area contributed by atoms with Crippen LogP contribution >= 0.6 is 0 Å². The van der Waals surface area contributed by atoms with Crippen LogP contribution in [0.5, 0.6) is 0 Å². The second kappa shape index (κ2) is 9.34. The summed E-state index contributed by atoms with van der Waals surface area (Å²) in [5.41, 5.74) is 0. The van der Waals surface area contributed by atoms with Gasteiger partial charge in [-0.2, -0.15) is 4.31 Å². The Labute approximate surface area is 151 Å². The molecule has 0 radical (unpaired) electrons. The van der Waals surface area contributed by atoms with Gasteiger partial charge in [-0.15, -0.1) is 0 Å². The number of nitrogens with one attached hydrogen (secondary N) is 1. The van der Waals surface area contributed by atoms with Gasteiger partial charge >= 0.3 is 0 Å². The predicted molar refractivity (Wildman–Crippen MR) is 99.7 cm³/mol. The second-order valence-electron chi connectivity index (χ2n) is 6.85. The van der Waals surface area contributed by atoms with E-state index in [9.17, 15) is 13.2 Å².